The molecule has 5 N–H and O–H groups in total. The van der Waals surface area contributed by atoms with Crippen molar-refractivity contribution in [2.24, 2.45) is 5.92 Å². The molecule has 3 fully saturated rings. The molecule has 0 aromatic carbocycles. The minimum absolute atomic E-state index is 0.0756. The number of alkyl halides is 1. The third kappa shape index (κ3) is 5.67. The number of nitrogens with zero attached hydrogens (tertiary/aromatic N) is 7. The minimum atomic E-state index is -4.33. The fraction of sp³-hybridized carbons (Fsp3) is 0.545. The van der Waals surface area contributed by atoms with Crippen LogP contribution >= 0.6 is 36.9 Å². The molecule has 4 aromatic heterocycles. The maximum atomic E-state index is 16.1. The zero-order valence-electron chi connectivity index (χ0n) is 23.5. The average Bonchev–Trinajstić information content (AvgIpc) is 3.74. The zero-order chi connectivity index (χ0) is 32.5. The quantitative estimate of drug-likeness (QED) is 0.172. The molecule has 10 atom stereocenters. The second-order valence-electron chi connectivity index (χ2n) is 10.6. The number of halogens is 1. The summed E-state index contributed by atoms with van der Waals surface area (Å²) in [6.07, 6.45) is -5.62. The highest BCUT2D eigenvalue weighted by Crippen LogP contribution is 2.58. The van der Waals surface area contributed by atoms with Gasteiger partial charge in [-0.25, -0.2) is 33.9 Å². The van der Waals surface area contributed by atoms with Crippen molar-refractivity contribution in [2.75, 3.05) is 38.0 Å². The molecule has 2 bridgehead atoms. The van der Waals surface area contributed by atoms with Gasteiger partial charge in [-0.15, -0.1) is 0 Å². The van der Waals surface area contributed by atoms with Crippen molar-refractivity contribution in [3.63, 3.8) is 0 Å². The van der Waals surface area contributed by atoms with E-state index in [1.54, 1.807) is 0 Å². The number of thiazole rings is 1. The van der Waals surface area contributed by atoms with E-state index in [9.17, 15) is 14.3 Å². The van der Waals surface area contributed by atoms with E-state index in [1.165, 1.54) is 35.2 Å². The van der Waals surface area contributed by atoms with Gasteiger partial charge in [0.05, 0.1) is 25.6 Å². The Morgan fingerprint density at radius 3 is 2.54 bits per heavy atom. The summed E-state index contributed by atoms with van der Waals surface area (Å²) in [4.78, 5) is 44.5. The molecule has 4 aromatic rings. The Kier molecular flexibility index (Phi) is 8.47. The summed E-state index contributed by atoms with van der Waals surface area (Å²) in [6, 6.07) is 0. The fourth-order valence-corrected chi connectivity index (χ4v) is 10.3. The van der Waals surface area contributed by atoms with Crippen LogP contribution in [0.25, 0.3) is 21.5 Å². The van der Waals surface area contributed by atoms with Crippen molar-refractivity contribution in [1.29, 1.82) is 0 Å². The van der Waals surface area contributed by atoms with Gasteiger partial charge >= 0.3 is 11.7 Å². The number of hydrogen-bond acceptors (Lipinski definition) is 17. The molecule has 0 saturated carbocycles. The monoisotopic (exact) mass is 737 g/mol. The summed E-state index contributed by atoms with van der Waals surface area (Å²) >= 11 is 10.5. The van der Waals surface area contributed by atoms with E-state index >= 15 is 4.39 Å². The molecular weight excluding hydrogens is 711 g/mol. The molecule has 3 aliphatic rings. The molecule has 24 heteroatoms. The maximum absolute atomic E-state index is 16.1. The van der Waals surface area contributed by atoms with E-state index in [0.29, 0.717) is 4.70 Å². The second kappa shape index (κ2) is 12.0. The SMILES string of the molecule is COC1[C@H]2CP(O)(=S)OC[C@H]3O[C@@H](n4cnc5c(N)ncnc54)[C@H](F)C3OP(=O)(S)OC[C@H]1O[C@H]2n1c(=O)sc2c(N)ncnc21. The van der Waals surface area contributed by atoms with Crippen LogP contribution in [0.15, 0.2) is 23.8 Å². The lowest BCUT2D eigenvalue weighted by Gasteiger charge is -2.28. The van der Waals surface area contributed by atoms with E-state index in [-0.39, 0.29) is 34.6 Å². The normalized spacial score (nSPS) is 37.1. The number of rotatable bonds is 3. The number of ether oxygens (including phenoxy) is 3. The standard InChI is InChI=1S/C22H26FN9O9P2S3/c1-36-13-8-4-42(34,44)37-2-10-14(11(23)21(40-10)31-7-30-12-16(24)26-5-28-18(12)31)41-43(35,45)38-3-9(13)39-20(8)32-19-15(46-22(32)33)17(25)27-6-29-19/h5-11,13-14,20-21H,2-4H2,1H3,(H,34,44)(H,35,45)(H2,24,26,28)(H2,25,27,29)/t8-,9-,10-,11-,13?,14?,20-,21-,42?,43?/m1/s1. The number of methoxy groups -OCH3 is 1. The predicted octanol–water partition coefficient (Wildman–Crippen LogP) is 1.39. The molecule has 0 spiro atoms. The van der Waals surface area contributed by atoms with Gasteiger partial charge in [-0.2, -0.15) is 0 Å². The molecule has 0 amide bonds. The van der Waals surface area contributed by atoms with E-state index < -0.39 is 80.3 Å². The topological polar surface area (TPSA) is 236 Å². The van der Waals surface area contributed by atoms with Gasteiger partial charge < -0.3 is 35.1 Å². The van der Waals surface area contributed by atoms with E-state index in [4.69, 9.17) is 51.1 Å². The summed E-state index contributed by atoms with van der Waals surface area (Å²) in [5, 5.41) is 0. The fourth-order valence-electron chi connectivity index (χ4n) is 5.89. The highest BCUT2D eigenvalue weighted by atomic mass is 32.7. The van der Waals surface area contributed by atoms with Crippen LogP contribution in [0, 0.1) is 5.92 Å². The number of nitrogen functional groups attached to an aromatic ring is 2. The molecular formula is C22H26FN9O9P2S3. The van der Waals surface area contributed by atoms with Crippen molar-refractivity contribution >= 4 is 81.8 Å². The Labute approximate surface area is 272 Å². The van der Waals surface area contributed by atoms with E-state index in [0.717, 1.165) is 11.3 Å². The highest BCUT2D eigenvalue weighted by Gasteiger charge is 2.53. The molecule has 7 heterocycles. The lowest BCUT2D eigenvalue weighted by molar-refractivity contribution is -0.0531. The number of aromatic nitrogens is 7. The van der Waals surface area contributed by atoms with Crippen LogP contribution in [-0.2, 0) is 44.2 Å². The first-order valence-corrected chi connectivity index (χ1v) is 19.9. The molecule has 248 valence electrons. The molecule has 18 nitrogen and oxygen atoms in total. The Morgan fingerprint density at radius 2 is 1.78 bits per heavy atom. The molecule has 4 unspecified atom stereocenters. The molecule has 7 rings (SSSR count). The number of fused-ring (bicyclic) bond motifs is 5. The molecule has 3 saturated heterocycles. The van der Waals surface area contributed by atoms with Gasteiger partial charge in [0.2, 0.25) is 0 Å². The first kappa shape index (κ1) is 32.4. The lowest BCUT2D eigenvalue weighted by atomic mass is 10.0. The van der Waals surface area contributed by atoms with Crippen LogP contribution in [0.1, 0.15) is 12.5 Å². The smallest absolute Gasteiger partial charge is 0.382 e. The third-order valence-electron chi connectivity index (χ3n) is 7.89. The van der Waals surface area contributed by atoms with Gasteiger partial charge in [0, 0.05) is 19.2 Å². The van der Waals surface area contributed by atoms with Crippen LogP contribution in [0.3, 0.4) is 0 Å². The van der Waals surface area contributed by atoms with Crippen LogP contribution in [0.5, 0.6) is 0 Å². The van der Waals surface area contributed by atoms with Gasteiger partial charge in [0.25, 0.3) is 0 Å². The number of imidazole rings is 1. The van der Waals surface area contributed by atoms with Gasteiger partial charge in [0.15, 0.2) is 36.0 Å². The van der Waals surface area contributed by atoms with E-state index in [2.05, 4.69) is 37.2 Å². The second-order valence-corrected chi connectivity index (χ2v) is 18.1. The van der Waals surface area contributed by atoms with Gasteiger partial charge in [-0.3, -0.25) is 23.0 Å². The summed E-state index contributed by atoms with van der Waals surface area (Å²) in [7, 11) is 1.39. The van der Waals surface area contributed by atoms with Crippen molar-refractivity contribution in [1.82, 2.24) is 34.1 Å². The lowest BCUT2D eigenvalue weighted by Crippen LogP contribution is -2.35. The Hall–Kier alpha value is -2.20. The van der Waals surface area contributed by atoms with Crippen LogP contribution in [-0.4, -0.2) is 96.0 Å². The van der Waals surface area contributed by atoms with Crippen molar-refractivity contribution in [2.45, 2.75) is 43.0 Å². The van der Waals surface area contributed by atoms with Gasteiger partial charge in [0.1, 0.15) is 53.2 Å². The number of hydrogen-bond donors (Lipinski definition) is 4. The van der Waals surface area contributed by atoms with Crippen molar-refractivity contribution in [3.8, 4) is 0 Å². The highest BCUT2D eigenvalue weighted by molar-refractivity contribution is 8.44. The first-order chi connectivity index (χ1) is 21.9. The maximum Gasteiger partial charge on any atom is 0.386 e. The summed E-state index contributed by atoms with van der Waals surface area (Å²) in [5.41, 5.74) is 12.5. The zero-order valence-corrected chi connectivity index (χ0v) is 27.8. The van der Waals surface area contributed by atoms with Gasteiger partial charge in [-0.1, -0.05) is 23.6 Å². The molecule has 46 heavy (non-hydrogen) atoms. The molecule has 0 aliphatic carbocycles. The number of thiol groups is 1. The van der Waals surface area contributed by atoms with Crippen LogP contribution in [0.2, 0.25) is 0 Å². The van der Waals surface area contributed by atoms with Crippen molar-refractivity contribution in [3.05, 3.63) is 28.6 Å². The third-order valence-corrected chi connectivity index (χ3v) is 12.7. The predicted molar refractivity (Wildman–Crippen MR) is 168 cm³/mol. The van der Waals surface area contributed by atoms with E-state index in [1.807, 2.05) is 0 Å². The summed E-state index contributed by atoms with van der Waals surface area (Å²) < 4.78 is 67.5. The summed E-state index contributed by atoms with van der Waals surface area (Å²) in [6.45, 7) is -8.96. The van der Waals surface area contributed by atoms with Gasteiger partial charge in [-0.05, 0) is 11.8 Å². The Bertz CT molecular complexity index is 1970. The summed E-state index contributed by atoms with van der Waals surface area (Å²) in [5.74, 6) is -0.622. The number of anilines is 2. The number of nitrogens with two attached hydrogens (primary N) is 2. The Balaban J connectivity index is 1.23. The van der Waals surface area contributed by atoms with Crippen LogP contribution < -0.4 is 16.3 Å². The minimum Gasteiger partial charge on any atom is -0.382 e. The average molecular weight is 738 g/mol. The molecule has 3 aliphatic heterocycles. The first-order valence-electron chi connectivity index (χ1n) is 13.5. The Morgan fingerprint density at radius 1 is 1.09 bits per heavy atom. The van der Waals surface area contributed by atoms with Crippen molar-refractivity contribution < 1.29 is 41.6 Å². The largest absolute Gasteiger partial charge is 0.386 e. The molecule has 0 radical (unpaired) electrons. The van der Waals surface area contributed by atoms with Crippen LogP contribution in [0.4, 0.5) is 16.0 Å².